The minimum atomic E-state index is -0.359. The highest BCUT2D eigenvalue weighted by Gasteiger charge is 2.18. The number of hydrogen-bond donors (Lipinski definition) is 1. The number of esters is 1. The van der Waals surface area contributed by atoms with E-state index in [0.29, 0.717) is 18.1 Å². The average Bonchev–Trinajstić information content (AvgIpc) is 2.85. The maximum absolute atomic E-state index is 11.7. The Morgan fingerprint density at radius 3 is 3.00 bits per heavy atom. The lowest BCUT2D eigenvalue weighted by Gasteiger charge is -2.01. The molecule has 16 heavy (non-hydrogen) atoms. The number of aryl methyl sites for hydroxylation is 1. The van der Waals surface area contributed by atoms with Crippen LogP contribution in [0.1, 0.15) is 23.1 Å². The number of ether oxygens (including phenoxy) is 1. The van der Waals surface area contributed by atoms with E-state index in [-0.39, 0.29) is 5.97 Å². The second kappa shape index (κ2) is 4.26. The topological polar surface area (TPSA) is 55.2 Å². The first-order chi connectivity index (χ1) is 7.72. The Labute approximate surface area is 93.2 Å². The van der Waals surface area contributed by atoms with Crippen LogP contribution in [0.5, 0.6) is 0 Å². The molecule has 0 fully saturated rings. The molecule has 0 aliphatic carbocycles. The fourth-order valence-corrected chi connectivity index (χ4v) is 1.58. The average molecular weight is 219 g/mol. The van der Waals surface area contributed by atoms with E-state index in [0.717, 1.165) is 11.3 Å². The Kier molecular flexibility index (Phi) is 2.81. The maximum Gasteiger partial charge on any atom is 0.355 e. The third-order valence-corrected chi connectivity index (χ3v) is 2.22. The van der Waals surface area contributed by atoms with Crippen LogP contribution in [-0.4, -0.2) is 17.6 Å². The molecule has 2 rings (SSSR count). The van der Waals surface area contributed by atoms with Gasteiger partial charge in [0, 0.05) is 11.3 Å². The fraction of sp³-hybridized carbons (Fsp3) is 0.250. The quantitative estimate of drug-likeness (QED) is 0.807. The van der Waals surface area contributed by atoms with Crippen molar-refractivity contribution in [3.8, 4) is 11.3 Å². The van der Waals surface area contributed by atoms with Crippen molar-refractivity contribution in [2.24, 2.45) is 0 Å². The molecule has 2 heterocycles. The number of hydrogen-bond acceptors (Lipinski definition) is 3. The van der Waals surface area contributed by atoms with Gasteiger partial charge in [-0.05, 0) is 32.0 Å². The predicted molar refractivity (Wildman–Crippen MR) is 59.2 cm³/mol. The number of aromatic nitrogens is 1. The Morgan fingerprint density at radius 1 is 1.56 bits per heavy atom. The van der Waals surface area contributed by atoms with Gasteiger partial charge in [0.05, 0.1) is 12.9 Å². The highest BCUT2D eigenvalue weighted by molar-refractivity contribution is 5.95. The van der Waals surface area contributed by atoms with Crippen molar-refractivity contribution in [1.82, 2.24) is 4.98 Å². The Hall–Kier alpha value is -1.97. The van der Waals surface area contributed by atoms with Gasteiger partial charge < -0.3 is 14.1 Å². The third-order valence-electron chi connectivity index (χ3n) is 2.22. The molecule has 0 bridgehead atoms. The van der Waals surface area contributed by atoms with Gasteiger partial charge in [-0.1, -0.05) is 0 Å². The molecule has 0 saturated heterocycles. The Balaban J connectivity index is 2.42. The van der Waals surface area contributed by atoms with Crippen LogP contribution in [0.25, 0.3) is 11.3 Å². The molecule has 0 spiro atoms. The Bertz CT molecular complexity index is 482. The lowest BCUT2D eigenvalue weighted by atomic mass is 10.2. The van der Waals surface area contributed by atoms with Gasteiger partial charge in [-0.3, -0.25) is 0 Å². The second-order valence-electron chi connectivity index (χ2n) is 3.44. The summed E-state index contributed by atoms with van der Waals surface area (Å²) in [5.74, 6) is 0.300. The van der Waals surface area contributed by atoms with Crippen LogP contribution in [0.15, 0.2) is 28.9 Å². The normalized spacial score (nSPS) is 10.4. The summed E-state index contributed by atoms with van der Waals surface area (Å²) in [4.78, 5) is 14.7. The minimum Gasteiger partial charge on any atom is -0.464 e. The van der Waals surface area contributed by atoms with E-state index in [4.69, 9.17) is 9.15 Å². The highest BCUT2D eigenvalue weighted by Crippen LogP contribution is 2.25. The molecule has 0 aliphatic heterocycles. The van der Waals surface area contributed by atoms with Crippen molar-refractivity contribution < 1.29 is 13.9 Å². The molecule has 2 aromatic heterocycles. The first kappa shape index (κ1) is 10.5. The number of rotatable bonds is 3. The van der Waals surface area contributed by atoms with Crippen LogP contribution in [0, 0.1) is 6.92 Å². The first-order valence-corrected chi connectivity index (χ1v) is 5.13. The second-order valence-corrected chi connectivity index (χ2v) is 3.44. The SMILES string of the molecule is CCOC(=O)c1[nH]c(C)cc1-c1ccco1. The van der Waals surface area contributed by atoms with Gasteiger partial charge in [0.1, 0.15) is 11.5 Å². The summed E-state index contributed by atoms with van der Waals surface area (Å²) in [6.07, 6.45) is 1.58. The van der Waals surface area contributed by atoms with Gasteiger partial charge in [-0.2, -0.15) is 0 Å². The molecular weight excluding hydrogens is 206 g/mol. The molecule has 0 atom stereocenters. The number of nitrogens with one attached hydrogen (secondary N) is 1. The molecule has 4 heteroatoms. The van der Waals surface area contributed by atoms with Gasteiger partial charge in [0.2, 0.25) is 0 Å². The lowest BCUT2D eigenvalue weighted by molar-refractivity contribution is 0.0521. The molecule has 1 N–H and O–H groups in total. The van der Waals surface area contributed by atoms with Crippen LogP contribution in [0.2, 0.25) is 0 Å². The summed E-state index contributed by atoms with van der Waals surface area (Å²) in [6.45, 7) is 4.02. The van der Waals surface area contributed by atoms with Crippen molar-refractivity contribution in [3.05, 3.63) is 35.9 Å². The van der Waals surface area contributed by atoms with Gasteiger partial charge in [0.25, 0.3) is 0 Å². The molecule has 0 amide bonds. The van der Waals surface area contributed by atoms with Crippen LogP contribution in [0.3, 0.4) is 0 Å². The van der Waals surface area contributed by atoms with Crippen LogP contribution >= 0.6 is 0 Å². The monoisotopic (exact) mass is 219 g/mol. The van der Waals surface area contributed by atoms with E-state index in [1.54, 1.807) is 19.3 Å². The number of carbonyl (C=O) groups is 1. The maximum atomic E-state index is 11.7. The molecule has 4 nitrogen and oxygen atoms in total. The summed E-state index contributed by atoms with van der Waals surface area (Å²) >= 11 is 0. The number of H-pyrrole nitrogens is 1. The van der Waals surface area contributed by atoms with Crippen molar-refractivity contribution in [2.45, 2.75) is 13.8 Å². The van der Waals surface area contributed by atoms with E-state index >= 15 is 0 Å². The molecule has 0 unspecified atom stereocenters. The van der Waals surface area contributed by atoms with Crippen LogP contribution < -0.4 is 0 Å². The largest absolute Gasteiger partial charge is 0.464 e. The van der Waals surface area contributed by atoms with E-state index in [2.05, 4.69) is 4.98 Å². The summed E-state index contributed by atoms with van der Waals surface area (Å²) < 4.78 is 10.2. The summed E-state index contributed by atoms with van der Waals surface area (Å²) in [7, 11) is 0. The predicted octanol–water partition coefficient (Wildman–Crippen LogP) is 2.76. The van der Waals surface area contributed by atoms with E-state index in [1.807, 2.05) is 19.1 Å². The summed E-state index contributed by atoms with van der Waals surface area (Å²) in [5, 5.41) is 0. The van der Waals surface area contributed by atoms with Gasteiger partial charge in [0.15, 0.2) is 0 Å². The Morgan fingerprint density at radius 2 is 2.38 bits per heavy atom. The number of furan rings is 1. The highest BCUT2D eigenvalue weighted by atomic mass is 16.5. The molecule has 0 aromatic carbocycles. The fourth-order valence-electron chi connectivity index (χ4n) is 1.58. The molecule has 84 valence electrons. The summed E-state index contributed by atoms with van der Waals surface area (Å²) in [6, 6.07) is 5.46. The number of carbonyl (C=O) groups excluding carboxylic acids is 1. The van der Waals surface area contributed by atoms with Gasteiger partial charge >= 0.3 is 5.97 Å². The zero-order chi connectivity index (χ0) is 11.5. The molecule has 0 aliphatic rings. The van der Waals surface area contributed by atoms with Crippen molar-refractivity contribution >= 4 is 5.97 Å². The van der Waals surface area contributed by atoms with E-state index in [9.17, 15) is 4.79 Å². The smallest absolute Gasteiger partial charge is 0.355 e. The number of aromatic amines is 1. The minimum absolute atomic E-state index is 0.356. The van der Waals surface area contributed by atoms with Crippen molar-refractivity contribution in [2.75, 3.05) is 6.61 Å². The van der Waals surface area contributed by atoms with E-state index in [1.165, 1.54) is 0 Å². The molecular formula is C12H13NO3. The lowest BCUT2D eigenvalue weighted by Crippen LogP contribution is -2.06. The van der Waals surface area contributed by atoms with Crippen LogP contribution in [0.4, 0.5) is 0 Å². The molecule has 0 saturated carbocycles. The van der Waals surface area contributed by atoms with Crippen molar-refractivity contribution in [3.63, 3.8) is 0 Å². The molecule has 2 aromatic rings. The van der Waals surface area contributed by atoms with Gasteiger partial charge in [-0.25, -0.2) is 4.79 Å². The van der Waals surface area contributed by atoms with Gasteiger partial charge in [-0.15, -0.1) is 0 Å². The van der Waals surface area contributed by atoms with Crippen molar-refractivity contribution in [1.29, 1.82) is 0 Å². The third kappa shape index (κ3) is 1.86. The zero-order valence-corrected chi connectivity index (χ0v) is 9.24. The molecule has 0 radical (unpaired) electrons. The van der Waals surface area contributed by atoms with Crippen LogP contribution in [-0.2, 0) is 4.74 Å². The summed E-state index contributed by atoms with van der Waals surface area (Å²) in [5.41, 5.74) is 2.07. The van der Waals surface area contributed by atoms with E-state index < -0.39 is 0 Å². The standard InChI is InChI=1S/C12H13NO3/c1-3-15-12(14)11-9(7-8(2)13-11)10-5-4-6-16-10/h4-7,13H,3H2,1-2H3. The first-order valence-electron chi connectivity index (χ1n) is 5.13. The zero-order valence-electron chi connectivity index (χ0n) is 9.24.